The molecule has 15 heavy (non-hydrogen) atoms. The van der Waals surface area contributed by atoms with E-state index in [-0.39, 0.29) is 5.75 Å². The van der Waals surface area contributed by atoms with E-state index in [1.807, 2.05) is 12.1 Å². The summed E-state index contributed by atoms with van der Waals surface area (Å²) in [6, 6.07) is 7.08. The zero-order chi connectivity index (χ0) is 11.3. The van der Waals surface area contributed by atoms with E-state index in [0.717, 1.165) is 5.69 Å². The quantitative estimate of drug-likeness (QED) is 0.738. The first-order valence-electron chi connectivity index (χ1n) is 4.45. The Kier molecular flexibility index (Phi) is 3.88. The lowest BCUT2D eigenvalue weighted by Crippen LogP contribution is -2.14. The van der Waals surface area contributed by atoms with Gasteiger partial charge in [-0.25, -0.2) is 13.6 Å². The fourth-order valence-corrected chi connectivity index (χ4v) is 1.80. The highest BCUT2D eigenvalue weighted by Crippen LogP contribution is 2.10. The standard InChI is InChI=1S/C10H14N2O2S/c1-2-7-12-10-5-3-9(4-6-10)8-15(11,13)14/h2-6,12H,1,7-8H2,(H2,11,13,14). The minimum Gasteiger partial charge on any atom is -0.382 e. The van der Waals surface area contributed by atoms with Gasteiger partial charge in [-0.3, -0.25) is 0 Å². The van der Waals surface area contributed by atoms with E-state index in [4.69, 9.17) is 5.14 Å². The molecule has 0 unspecified atom stereocenters. The Morgan fingerprint density at radius 1 is 1.33 bits per heavy atom. The van der Waals surface area contributed by atoms with Crippen LogP contribution in [0.2, 0.25) is 0 Å². The van der Waals surface area contributed by atoms with Crippen LogP contribution in [0.5, 0.6) is 0 Å². The molecule has 1 rings (SSSR count). The minimum absolute atomic E-state index is 0.130. The number of hydrogen-bond donors (Lipinski definition) is 2. The van der Waals surface area contributed by atoms with Crippen molar-refractivity contribution < 1.29 is 8.42 Å². The highest BCUT2D eigenvalue weighted by atomic mass is 32.2. The molecule has 1 aromatic carbocycles. The van der Waals surface area contributed by atoms with E-state index in [9.17, 15) is 8.42 Å². The van der Waals surface area contributed by atoms with E-state index in [2.05, 4.69) is 11.9 Å². The van der Waals surface area contributed by atoms with E-state index in [1.165, 1.54) is 0 Å². The number of rotatable bonds is 5. The summed E-state index contributed by atoms with van der Waals surface area (Å²) < 4.78 is 21.6. The molecule has 0 saturated heterocycles. The largest absolute Gasteiger partial charge is 0.382 e. The smallest absolute Gasteiger partial charge is 0.213 e. The zero-order valence-corrected chi connectivity index (χ0v) is 9.13. The van der Waals surface area contributed by atoms with Crippen LogP contribution >= 0.6 is 0 Å². The van der Waals surface area contributed by atoms with Gasteiger partial charge in [-0.15, -0.1) is 6.58 Å². The lowest BCUT2D eigenvalue weighted by Gasteiger charge is -2.04. The molecule has 0 radical (unpaired) electrons. The third-order valence-corrected chi connectivity index (χ3v) is 2.51. The molecule has 0 spiro atoms. The summed E-state index contributed by atoms with van der Waals surface area (Å²) >= 11 is 0. The monoisotopic (exact) mass is 226 g/mol. The maximum Gasteiger partial charge on any atom is 0.213 e. The van der Waals surface area contributed by atoms with Crippen LogP contribution in [0, 0.1) is 0 Å². The lowest BCUT2D eigenvalue weighted by molar-refractivity contribution is 0.597. The van der Waals surface area contributed by atoms with E-state index in [1.54, 1.807) is 18.2 Å². The average molecular weight is 226 g/mol. The van der Waals surface area contributed by atoms with E-state index >= 15 is 0 Å². The van der Waals surface area contributed by atoms with E-state index < -0.39 is 10.0 Å². The Bertz CT molecular complexity index is 423. The molecule has 0 heterocycles. The van der Waals surface area contributed by atoms with Gasteiger partial charge >= 0.3 is 0 Å². The number of anilines is 1. The van der Waals surface area contributed by atoms with Crippen LogP contribution in [0.3, 0.4) is 0 Å². The Balaban J connectivity index is 2.68. The average Bonchev–Trinajstić information content (AvgIpc) is 2.14. The van der Waals surface area contributed by atoms with Crippen molar-refractivity contribution in [3.8, 4) is 0 Å². The fourth-order valence-electron chi connectivity index (χ4n) is 1.14. The second-order valence-electron chi connectivity index (χ2n) is 3.17. The van der Waals surface area contributed by atoms with E-state index in [0.29, 0.717) is 12.1 Å². The summed E-state index contributed by atoms with van der Waals surface area (Å²) in [7, 11) is -3.44. The minimum atomic E-state index is -3.44. The maximum atomic E-state index is 10.8. The van der Waals surface area contributed by atoms with Gasteiger partial charge in [-0.05, 0) is 17.7 Å². The topological polar surface area (TPSA) is 72.2 Å². The molecule has 0 aliphatic rings. The van der Waals surface area contributed by atoms with Crippen molar-refractivity contribution in [3.63, 3.8) is 0 Å². The van der Waals surface area contributed by atoms with Gasteiger partial charge in [0.25, 0.3) is 0 Å². The van der Waals surface area contributed by atoms with Crippen molar-refractivity contribution in [1.29, 1.82) is 0 Å². The Morgan fingerprint density at radius 2 is 1.93 bits per heavy atom. The van der Waals surface area contributed by atoms with Crippen LogP contribution in [0.25, 0.3) is 0 Å². The van der Waals surface area contributed by atoms with Crippen molar-refractivity contribution in [2.75, 3.05) is 11.9 Å². The fraction of sp³-hybridized carbons (Fsp3) is 0.200. The van der Waals surface area contributed by atoms with Crippen molar-refractivity contribution in [2.24, 2.45) is 5.14 Å². The first kappa shape index (κ1) is 11.7. The number of hydrogen-bond acceptors (Lipinski definition) is 3. The van der Waals surface area contributed by atoms with Gasteiger partial charge in [0.05, 0.1) is 5.75 Å². The van der Waals surface area contributed by atoms with Crippen LogP contribution < -0.4 is 10.5 Å². The summed E-state index contributed by atoms with van der Waals surface area (Å²) in [6.45, 7) is 4.26. The third-order valence-electron chi connectivity index (χ3n) is 1.77. The van der Waals surface area contributed by atoms with Gasteiger partial charge in [-0.1, -0.05) is 18.2 Å². The molecule has 0 aliphatic carbocycles. The van der Waals surface area contributed by atoms with Crippen molar-refractivity contribution in [3.05, 3.63) is 42.5 Å². The van der Waals surface area contributed by atoms with Crippen LogP contribution in [0.15, 0.2) is 36.9 Å². The predicted molar refractivity (Wildman–Crippen MR) is 61.9 cm³/mol. The van der Waals surface area contributed by atoms with Crippen LogP contribution in [0.4, 0.5) is 5.69 Å². The molecular weight excluding hydrogens is 212 g/mol. The molecule has 0 saturated carbocycles. The highest BCUT2D eigenvalue weighted by molar-refractivity contribution is 7.88. The molecule has 0 aliphatic heterocycles. The zero-order valence-electron chi connectivity index (χ0n) is 8.31. The van der Waals surface area contributed by atoms with Crippen molar-refractivity contribution in [2.45, 2.75) is 5.75 Å². The molecule has 0 bridgehead atoms. The van der Waals surface area contributed by atoms with Gasteiger partial charge in [-0.2, -0.15) is 0 Å². The highest BCUT2D eigenvalue weighted by Gasteiger charge is 2.04. The first-order valence-corrected chi connectivity index (χ1v) is 6.17. The molecule has 3 N–H and O–H groups in total. The number of benzene rings is 1. The molecule has 5 heteroatoms. The second kappa shape index (κ2) is 4.95. The number of nitrogens with two attached hydrogens (primary N) is 1. The first-order chi connectivity index (χ1) is 7.01. The van der Waals surface area contributed by atoms with Crippen LogP contribution in [-0.2, 0) is 15.8 Å². The van der Waals surface area contributed by atoms with Crippen LogP contribution in [0.1, 0.15) is 5.56 Å². The second-order valence-corrected chi connectivity index (χ2v) is 4.79. The lowest BCUT2D eigenvalue weighted by atomic mass is 10.2. The Morgan fingerprint density at radius 3 is 2.40 bits per heavy atom. The van der Waals surface area contributed by atoms with Gasteiger partial charge in [0.2, 0.25) is 10.0 Å². The summed E-state index contributed by atoms with van der Waals surface area (Å²) in [4.78, 5) is 0. The molecule has 0 aromatic heterocycles. The maximum absolute atomic E-state index is 10.8. The number of sulfonamides is 1. The molecule has 82 valence electrons. The summed E-state index contributed by atoms with van der Waals surface area (Å²) in [6.07, 6.45) is 1.75. The molecule has 0 fully saturated rings. The number of primary sulfonamides is 1. The van der Waals surface area contributed by atoms with Crippen molar-refractivity contribution >= 4 is 15.7 Å². The molecule has 4 nitrogen and oxygen atoms in total. The molecule has 0 amide bonds. The normalized spacial score (nSPS) is 11.0. The molecular formula is C10H14N2O2S. The predicted octanol–water partition coefficient (Wildman–Crippen LogP) is 1.07. The molecule has 0 atom stereocenters. The van der Waals surface area contributed by atoms with Crippen LogP contribution in [-0.4, -0.2) is 15.0 Å². The van der Waals surface area contributed by atoms with Gasteiger partial charge in [0.15, 0.2) is 0 Å². The number of nitrogens with one attached hydrogen (secondary N) is 1. The summed E-state index contributed by atoms with van der Waals surface area (Å²) in [5.41, 5.74) is 1.61. The molecule has 1 aromatic rings. The van der Waals surface area contributed by atoms with Gasteiger partial charge < -0.3 is 5.32 Å². The van der Waals surface area contributed by atoms with Crippen molar-refractivity contribution in [1.82, 2.24) is 0 Å². The van der Waals surface area contributed by atoms with Gasteiger partial charge in [0.1, 0.15) is 0 Å². The Labute approximate surface area is 89.9 Å². The summed E-state index contributed by atoms with van der Waals surface area (Å²) in [5, 5.41) is 8.01. The SMILES string of the molecule is C=CCNc1ccc(CS(N)(=O)=O)cc1. The summed E-state index contributed by atoms with van der Waals surface area (Å²) in [5.74, 6) is -0.130. The third kappa shape index (κ3) is 4.62. The Hall–Kier alpha value is -1.33. The van der Waals surface area contributed by atoms with Gasteiger partial charge in [0, 0.05) is 12.2 Å².